The number of esters is 1. The lowest BCUT2D eigenvalue weighted by Crippen LogP contribution is -2.43. The number of amides is 1. The van der Waals surface area contributed by atoms with Gasteiger partial charge in [-0.2, -0.15) is 5.10 Å². The molecule has 3 N–H and O–H groups in total. The summed E-state index contributed by atoms with van der Waals surface area (Å²) < 4.78 is 7.15. The third-order valence-corrected chi connectivity index (χ3v) is 5.86. The van der Waals surface area contributed by atoms with Gasteiger partial charge in [-0.25, -0.2) is 4.79 Å². The van der Waals surface area contributed by atoms with Crippen LogP contribution in [0, 0.1) is 11.7 Å². The summed E-state index contributed by atoms with van der Waals surface area (Å²) in [6, 6.07) is 14.9. The molecular weight excluding hydrogens is 438 g/mol. The van der Waals surface area contributed by atoms with Gasteiger partial charge in [-0.1, -0.05) is 48.0 Å². The van der Waals surface area contributed by atoms with Gasteiger partial charge in [0.1, 0.15) is 6.04 Å². The Labute approximate surface area is 196 Å². The quantitative estimate of drug-likeness (QED) is 0.273. The topological polar surface area (TPSA) is 105 Å². The van der Waals surface area contributed by atoms with Crippen LogP contribution in [0.5, 0.6) is 0 Å². The number of nitrogens with one attached hydrogen (secondary N) is 3. The maximum Gasteiger partial charge on any atom is 0.328 e. The predicted molar refractivity (Wildman–Crippen MR) is 128 cm³/mol. The van der Waals surface area contributed by atoms with Crippen LogP contribution in [0.15, 0.2) is 54.7 Å². The van der Waals surface area contributed by atoms with Crippen LogP contribution < -0.4 is 5.32 Å². The Kier molecular flexibility index (Phi) is 6.69. The van der Waals surface area contributed by atoms with E-state index in [2.05, 4.69) is 20.5 Å². The zero-order valence-electron chi connectivity index (χ0n) is 18.4. The molecule has 0 radical (unpaired) electrons. The number of aryl methyl sites for hydroxylation is 1. The zero-order chi connectivity index (χ0) is 23.4. The van der Waals surface area contributed by atoms with Gasteiger partial charge in [-0.3, -0.25) is 14.5 Å². The molecule has 0 spiro atoms. The van der Waals surface area contributed by atoms with E-state index in [1.165, 1.54) is 7.11 Å². The molecule has 8 nitrogen and oxygen atoms in total. The van der Waals surface area contributed by atoms with E-state index in [1.807, 2.05) is 61.7 Å². The molecule has 2 heterocycles. The van der Waals surface area contributed by atoms with Crippen LogP contribution in [0.25, 0.3) is 22.3 Å². The van der Waals surface area contributed by atoms with E-state index in [0.717, 1.165) is 27.6 Å². The molecule has 0 aliphatic rings. The first kappa shape index (κ1) is 22.5. The average Bonchev–Trinajstić information content (AvgIpc) is 3.40. The van der Waals surface area contributed by atoms with Crippen molar-refractivity contribution in [3.8, 4) is 11.4 Å². The molecule has 170 valence electrons. The van der Waals surface area contributed by atoms with Crippen LogP contribution in [-0.4, -0.2) is 44.8 Å². The number of carbonyl (C=O) groups excluding carboxylic acids is 2. The third-order valence-electron chi connectivity index (χ3n) is 5.55. The molecule has 9 heteroatoms. The summed E-state index contributed by atoms with van der Waals surface area (Å²) >= 11 is 5.36. The SMILES string of the molecule is COC(=O)[C@@H](Cc1c[nH]c2ccccc12)NC(=O)CCn1c(-c2ccc(C)cc2)n[nH]c1=S. The number of para-hydroxylation sites is 1. The Balaban J connectivity index is 1.46. The van der Waals surface area contributed by atoms with Crippen molar-refractivity contribution in [2.45, 2.75) is 32.4 Å². The number of fused-ring (bicyclic) bond motifs is 1. The van der Waals surface area contributed by atoms with Crippen LogP contribution in [0.2, 0.25) is 0 Å². The first-order valence-electron chi connectivity index (χ1n) is 10.6. The van der Waals surface area contributed by atoms with Crippen LogP contribution in [0.1, 0.15) is 17.5 Å². The Bertz CT molecular complexity index is 1340. The highest BCUT2D eigenvalue weighted by molar-refractivity contribution is 7.71. The summed E-state index contributed by atoms with van der Waals surface area (Å²) in [6.45, 7) is 2.34. The maximum atomic E-state index is 12.8. The molecular formula is C24H25N5O3S. The molecule has 0 unspecified atom stereocenters. The smallest absolute Gasteiger partial charge is 0.328 e. The first-order chi connectivity index (χ1) is 16.0. The molecule has 0 bridgehead atoms. The number of rotatable bonds is 8. The third kappa shape index (κ3) is 5.04. The lowest BCUT2D eigenvalue weighted by atomic mass is 10.0. The number of nitrogens with zero attached hydrogens (tertiary/aromatic N) is 2. The fourth-order valence-electron chi connectivity index (χ4n) is 3.78. The van der Waals surface area contributed by atoms with Crippen LogP contribution in [-0.2, 0) is 27.3 Å². The molecule has 2 aromatic heterocycles. The van der Waals surface area contributed by atoms with Gasteiger partial charge in [-0.15, -0.1) is 0 Å². The number of carbonyl (C=O) groups is 2. The minimum absolute atomic E-state index is 0.133. The van der Waals surface area contributed by atoms with E-state index in [4.69, 9.17) is 17.0 Å². The molecule has 0 aliphatic heterocycles. The highest BCUT2D eigenvalue weighted by Crippen LogP contribution is 2.20. The second-order valence-corrected chi connectivity index (χ2v) is 8.21. The lowest BCUT2D eigenvalue weighted by Gasteiger charge is -2.16. The number of benzene rings is 2. The van der Waals surface area contributed by atoms with E-state index in [9.17, 15) is 9.59 Å². The van der Waals surface area contributed by atoms with Crippen molar-refractivity contribution in [3.05, 3.63) is 70.6 Å². The van der Waals surface area contributed by atoms with Gasteiger partial charge in [-0.05, 0) is 30.8 Å². The van der Waals surface area contributed by atoms with Crippen molar-refractivity contribution in [2.24, 2.45) is 0 Å². The lowest BCUT2D eigenvalue weighted by molar-refractivity contribution is -0.145. The molecule has 0 fully saturated rings. The van der Waals surface area contributed by atoms with Crippen molar-refractivity contribution in [1.29, 1.82) is 0 Å². The molecule has 0 aliphatic carbocycles. The normalized spacial score (nSPS) is 11.9. The van der Waals surface area contributed by atoms with E-state index in [1.54, 1.807) is 4.57 Å². The fraction of sp³-hybridized carbons (Fsp3) is 0.250. The number of aromatic nitrogens is 4. The van der Waals surface area contributed by atoms with Crippen LogP contribution in [0.4, 0.5) is 0 Å². The van der Waals surface area contributed by atoms with Crippen molar-refractivity contribution < 1.29 is 14.3 Å². The Morgan fingerprint density at radius 2 is 1.94 bits per heavy atom. The van der Waals surface area contributed by atoms with E-state index in [-0.39, 0.29) is 12.3 Å². The standard InChI is InChI=1S/C24H25N5O3S/c1-15-7-9-16(10-8-15)22-27-28-24(33)29(22)12-11-21(30)26-20(23(31)32-2)13-17-14-25-19-6-4-3-5-18(17)19/h3-10,14,20,25H,11-13H2,1-2H3,(H,26,30)(H,28,33)/t20-/m1/s1. The molecule has 4 rings (SSSR count). The van der Waals surface area contributed by atoms with Gasteiger partial charge < -0.3 is 15.0 Å². The molecule has 33 heavy (non-hydrogen) atoms. The van der Waals surface area contributed by atoms with Crippen molar-refractivity contribution in [2.75, 3.05) is 7.11 Å². The van der Waals surface area contributed by atoms with Crippen LogP contribution in [0.3, 0.4) is 0 Å². The zero-order valence-corrected chi connectivity index (χ0v) is 19.2. The summed E-state index contributed by atoms with van der Waals surface area (Å²) in [5, 5.41) is 10.9. The number of aromatic amines is 2. The van der Waals surface area contributed by atoms with E-state index in [0.29, 0.717) is 23.6 Å². The molecule has 4 aromatic rings. The van der Waals surface area contributed by atoms with E-state index >= 15 is 0 Å². The summed E-state index contributed by atoms with van der Waals surface area (Å²) in [5.74, 6) is -0.104. The van der Waals surface area contributed by atoms with Gasteiger partial charge in [0.2, 0.25) is 5.91 Å². The van der Waals surface area contributed by atoms with Gasteiger partial charge in [0.25, 0.3) is 0 Å². The largest absolute Gasteiger partial charge is 0.467 e. The number of hydrogen-bond donors (Lipinski definition) is 3. The number of ether oxygens (including phenoxy) is 1. The second kappa shape index (κ2) is 9.83. The fourth-order valence-corrected chi connectivity index (χ4v) is 4.01. The highest BCUT2D eigenvalue weighted by Gasteiger charge is 2.23. The molecule has 0 saturated heterocycles. The number of H-pyrrole nitrogens is 2. The van der Waals surface area contributed by atoms with Gasteiger partial charge >= 0.3 is 5.97 Å². The van der Waals surface area contributed by atoms with Gasteiger partial charge in [0.05, 0.1) is 7.11 Å². The first-order valence-corrected chi connectivity index (χ1v) is 11.0. The minimum atomic E-state index is -0.796. The molecule has 2 aromatic carbocycles. The summed E-state index contributed by atoms with van der Waals surface area (Å²) in [6.07, 6.45) is 2.31. The van der Waals surface area contributed by atoms with E-state index < -0.39 is 12.0 Å². The maximum absolute atomic E-state index is 12.8. The number of methoxy groups -OCH3 is 1. The van der Waals surface area contributed by atoms with Gasteiger partial charge in [0.15, 0.2) is 10.6 Å². The van der Waals surface area contributed by atoms with Crippen molar-refractivity contribution >= 4 is 35.0 Å². The van der Waals surface area contributed by atoms with Crippen LogP contribution >= 0.6 is 12.2 Å². The summed E-state index contributed by atoms with van der Waals surface area (Å²) in [5.41, 5.74) is 3.95. The Morgan fingerprint density at radius 1 is 1.18 bits per heavy atom. The highest BCUT2D eigenvalue weighted by atomic mass is 32.1. The summed E-state index contributed by atoms with van der Waals surface area (Å²) in [7, 11) is 1.31. The predicted octanol–water partition coefficient (Wildman–Crippen LogP) is 3.69. The molecule has 1 amide bonds. The van der Waals surface area contributed by atoms with Gasteiger partial charge in [0, 0.05) is 42.0 Å². The second-order valence-electron chi connectivity index (χ2n) is 7.83. The summed E-state index contributed by atoms with van der Waals surface area (Å²) in [4.78, 5) is 28.3. The number of hydrogen-bond acceptors (Lipinski definition) is 5. The Morgan fingerprint density at radius 3 is 2.70 bits per heavy atom. The van der Waals surface area contributed by atoms with Crippen molar-refractivity contribution in [3.63, 3.8) is 0 Å². The molecule has 0 saturated carbocycles. The average molecular weight is 464 g/mol. The Hall–Kier alpha value is -3.72. The van der Waals surface area contributed by atoms with Crippen molar-refractivity contribution in [1.82, 2.24) is 25.1 Å². The monoisotopic (exact) mass is 463 g/mol. The molecule has 1 atom stereocenters. The minimum Gasteiger partial charge on any atom is -0.467 e.